The Kier molecular flexibility index (Phi) is 5.93. The summed E-state index contributed by atoms with van der Waals surface area (Å²) in [5.74, 6) is 0.0441. The molecule has 0 bridgehead atoms. The zero-order valence-corrected chi connectivity index (χ0v) is 11.7. The third-order valence-electron chi connectivity index (χ3n) is 3.23. The first-order valence-corrected chi connectivity index (χ1v) is 6.37. The average molecular weight is 289 g/mol. The Morgan fingerprint density at radius 1 is 1.44 bits per heavy atom. The zero-order chi connectivity index (χ0) is 12.3. The minimum atomic E-state index is 0. The van der Waals surface area contributed by atoms with Crippen LogP contribution in [0.15, 0.2) is 24.3 Å². The van der Waals surface area contributed by atoms with Crippen LogP contribution in [0.25, 0.3) is 0 Å². The molecule has 2 rings (SSSR count). The quantitative estimate of drug-likeness (QED) is 0.910. The van der Waals surface area contributed by atoms with Crippen molar-refractivity contribution in [2.45, 2.75) is 25.3 Å². The lowest BCUT2D eigenvalue weighted by Crippen LogP contribution is -2.47. The van der Waals surface area contributed by atoms with Crippen molar-refractivity contribution in [2.75, 3.05) is 13.1 Å². The minimum absolute atomic E-state index is 0. The van der Waals surface area contributed by atoms with Crippen molar-refractivity contribution in [3.63, 3.8) is 0 Å². The number of nitrogens with two attached hydrogens (primary N) is 1. The molecule has 0 spiro atoms. The molecule has 0 aromatic heterocycles. The molecule has 0 aliphatic carbocycles. The molecule has 2 N–H and O–H groups in total. The maximum absolute atomic E-state index is 12.3. The molecule has 1 aliphatic rings. The summed E-state index contributed by atoms with van der Waals surface area (Å²) in [6.07, 6.45) is 3.22. The fourth-order valence-electron chi connectivity index (χ4n) is 2.30. The van der Waals surface area contributed by atoms with Gasteiger partial charge in [-0.15, -0.1) is 12.4 Å². The Morgan fingerprint density at radius 2 is 2.22 bits per heavy atom. The highest BCUT2D eigenvalue weighted by atomic mass is 35.5. The van der Waals surface area contributed by atoms with Crippen LogP contribution in [0.1, 0.15) is 29.6 Å². The maximum atomic E-state index is 12.3. The normalized spacial score (nSPS) is 19.2. The molecule has 1 heterocycles. The molecule has 1 aliphatic heterocycles. The van der Waals surface area contributed by atoms with E-state index >= 15 is 0 Å². The molecule has 0 saturated carbocycles. The lowest BCUT2D eigenvalue weighted by Gasteiger charge is -2.35. The van der Waals surface area contributed by atoms with Crippen LogP contribution in [0, 0.1) is 0 Å². The summed E-state index contributed by atoms with van der Waals surface area (Å²) < 4.78 is 0. The Bertz CT molecular complexity index is 412. The van der Waals surface area contributed by atoms with E-state index in [0.717, 1.165) is 25.8 Å². The molecule has 1 saturated heterocycles. The van der Waals surface area contributed by atoms with Gasteiger partial charge in [0, 0.05) is 29.7 Å². The molecule has 0 radical (unpaired) electrons. The van der Waals surface area contributed by atoms with E-state index in [2.05, 4.69) is 0 Å². The van der Waals surface area contributed by atoms with Crippen LogP contribution >= 0.6 is 24.0 Å². The van der Waals surface area contributed by atoms with Gasteiger partial charge in [0.1, 0.15) is 0 Å². The zero-order valence-electron chi connectivity index (χ0n) is 10.1. The maximum Gasteiger partial charge on any atom is 0.254 e. The van der Waals surface area contributed by atoms with Crippen LogP contribution in [-0.4, -0.2) is 29.9 Å². The number of halogens is 2. The Labute approximate surface area is 119 Å². The smallest absolute Gasteiger partial charge is 0.254 e. The molecular formula is C13H18Cl2N2O. The third-order valence-corrected chi connectivity index (χ3v) is 3.47. The molecule has 1 fully saturated rings. The molecule has 1 unspecified atom stereocenters. The lowest BCUT2D eigenvalue weighted by atomic mass is 10.0. The summed E-state index contributed by atoms with van der Waals surface area (Å²) in [5, 5.41) is 0.595. The topological polar surface area (TPSA) is 46.3 Å². The summed E-state index contributed by atoms with van der Waals surface area (Å²) in [7, 11) is 0. The molecule has 3 nitrogen and oxygen atoms in total. The first-order chi connectivity index (χ1) is 8.22. The van der Waals surface area contributed by atoms with Gasteiger partial charge in [0.25, 0.3) is 5.91 Å². The summed E-state index contributed by atoms with van der Waals surface area (Å²) in [6.45, 7) is 1.33. The van der Waals surface area contributed by atoms with Crippen LogP contribution in [0.3, 0.4) is 0 Å². The molecule has 100 valence electrons. The standard InChI is InChI=1S/C13H17ClN2O.ClH/c14-11-5-3-4-10(8-11)13(17)16-7-2-1-6-12(16)9-15;/h3-5,8,12H,1-2,6-7,9,15H2;1H. The van der Waals surface area contributed by atoms with E-state index < -0.39 is 0 Å². The highest BCUT2D eigenvalue weighted by Gasteiger charge is 2.26. The molecule has 18 heavy (non-hydrogen) atoms. The predicted octanol–water partition coefficient (Wildman–Crippen LogP) is 2.72. The number of hydrogen-bond acceptors (Lipinski definition) is 2. The first-order valence-electron chi connectivity index (χ1n) is 5.99. The van der Waals surface area contributed by atoms with Gasteiger partial charge in [-0.05, 0) is 37.5 Å². The second-order valence-electron chi connectivity index (χ2n) is 4.39. The van der Waals surface area contributed by atoms with Crippen LogP contribution in [0.4, 0.5) is 0 Å². The number of rotatable bonds is 2. The second-order valence-corrected chi connectivity index (χ2v) is 4.83. The van der Waals surface area contributed by atoms with Gasteiger partial charge in [-0.3, -0.25) is 4.79 Å². The molecule has 1 atom stereocenters. The number of hydrogen-bond donors (Lipinski definition) is 1. The Morgan fingerprint density at radius 3 is 2.89 bits per heavy atom. The van der Waals surface area contributed by atoms with Gasteiger partial charge in [0.05, 0.1) is 0 Å². The minimum Gasteiger partial charge on any atom is -0.334 e. The largest absolute Gasteiger partial charge is 0.334 e. The molecule has 5 heteroatoms. The van der Waals surface area contributed by atoms with Gasteiger partial charge >= 0.3 is 0 Å². The molecular weight excluding hydrogens is 271 g/mol. The van der Waals surface area contributed by atoms with E-state index in [-0.39, 0.29) is 24.4 Å². The van der Waals surface area contributed by atoms with Crippen molar-refractivity contribution in [1.29, 1.82) is 0 Å². The van der Waals surface area contributed by atoms with Crippen molar-refractivity contribution >= 4 is 29.9 Å². The van der Waals surface area contributed by atoms with Gasteiger partial charge < -0.3 is 10.6 Å². The summed E-state index contributed by atoms with van der Waals surface area (Å²) in [4.78, 5) is 14.2. The van der Waals surface area contributed by atoms with E-state index in [1.807, 2.05) is 4.90 Å². The van der Waals surface area contributed by atoms with Gasteiger partial charge in [-0.2, -0.15) is 0 Å². The third kappa shape index (κ3) is 3.37. The van der Waals surface area contributed by atoms with Crippen molar-refractivity contribution in [2.24, 2.45) is 5.73 Å². The highest BCUT2D eigenvalue weighted by Crippen LogP contribution is 2.20. The van der Waals surface area contributed by atoms with Crippen LogP contribution < -0.4 is 5.73 Å². The van der Waals surface area contributed by atoms with E-state index in [1.54, 1.807) is 24.3 Å². The van der Waals surface area contributed by atoms with Gasteiger partial charge in [0.15, 0.2) is 0 Å². The monoisotopic (exact) mass is 288 g/mol. The van der Waals surface area contributed by atoms with Gasteiger partial charge in [0.2, 0.25) is 0 Å². The number of carbonyl (C=O) groups is 1. The lowest BCUT2D eigenvalue weighted by molar-refractivity contribution is 0.0623. The van der Waals surface area contributed by atoms with Gasteiger partial charge in [-0.25, -0.2) is 0 Å². The van der Waals surface area contributed by atoms with E-state index in [4.69, 9.17) is 17.3 Å². The number of benzene rings is 1. The fraction of sp³-hybridized carbons (Fsp3) is 0.462. The first kappa shape index (κ1) is 15.3. The number of carbonyl (C=O) groups excluding carboxylic acids is 1. The van der Waals surface area contributed by atoms with Crippen LogP contribution in [0.2, 0.25) is 5.02 Å². The highest BCUT2D eigenvalue weighted by molar-refractivity contribution is 6.30. The van der Waals surface area contributed by atoms with E-state index in [0.29, 0.717) is 17.1 Å². The molecule has 1 amide bonds. The predicted molar refractivity (Wildman–Crippen MR) is 76.4 cm³/mol. The number of piperidine rings is 1. The number of likely N-dealkylation sites (tertiary alicyclic amines) is 1. The molecule has 1 aromatic carbocycles. The van der Waals surface area contributed by atoms with E-state index in [9.17, 15) is 4.79 Å². The van der Waals surface area contributed by atoms with Crippen molar-refractivity contribution in [1.82, 2.24) is 4.90 Å². The SMILES string of the molecule is Cl.NCC1CCCCN1C(=O)c1cccc(Cl)c1. The van der Waals surface area contributed by atoms with Crippen molar-refractivity contribution < 1.29 is 4.79 Å². The van der Waals surface area contributed by atoms with E-state index in [1.165, 1.54) is 0 Å². The average Bonchev–Trinajstić information content (AvgIpc) is 2.38. The van der Waals surface area contributed by atoms with Crippen LogP contribution in [-0.2, 0) is 0 Å². The Hall–Kier alpha value is -0.770. The summed E-state index contributed by atoms with van der Waals surface area (Å²) in [5.41, 5.74) is 6.37. The molecule has 1 aromatic rings. The number of nitrogens with zero attached hydrogens (tertiary/aromatic N) is 1. The summed E-state index contributed by atoms with van der Waals surface area (Å²) in [6, 6.07) is 7.27. The van der Waals surface area contributed by atoms with Crippen LogP contribution in [0.5, 0.6) is 0 Å². The number of amides is 1. The van der Waals surface area contributed by atoms with Gasteiger partial charge in [-0.1, -0.05) is 17.7 Å². The second kappa shape index (κ2) is 6.98. The fourth-order valence-corrected chi connectivity index (χ4v) is 2.49. The van der Waals surface area contributed by atoms with Crippen molar-refractivity contribution in [3.05, 3.63) is 34.9 Å². The summed E-state index contributed by atoms with van der Waals surface area (Å²) >= 11 is 5.90. The Balaban J connectivity index is 0.00000162. The van der Waals surface area contributed by atoms with Crippen molar-refractivity contribution in [3.8, 4) is 0 Å².